The average Bonchev–Trinajstić information content (AvgIpc) is 2.76. The monoisotopic (exact) mass is 320 g/mol. The Kier molecular flexibility index (Phi) is 11.2. The Bertz CT molecular complexity index is 449. The molecule has 0 spiro atoms. The fourth-order valence-electron chi connectivity index (χ4n) is 2.06. The first-order valence-electron chi connectivity index (χ1n) is 7.52. The van der Waals surface area contributed by atoms with Gasteiger partial charge in [0.25, 0.3) is 0 Å². The van der Waals surface area contributed by atoms with Crippen LogP contribution < -0.4 is 4.57 Å². The van der Waals surface area contributed by atoms with Crippen LogP contribution in [-0.2, 0) is 24.0 Å². The zero-order valence-electron chi connectivity index (χ0n) is 13.1. The molecular formula is C14H28N2O4S. The maximum atomic E-state index is 8.63. The molecule has 0 aromatic carbocycles. The Morgan fingerprint density at radius 3 is 2.00 bits per heavy atom. The quantitative estimate of drug-likeness (QED) is 0.328. The molecule has 1 aromatic rings. The predicted molar refractivity (Wildman–Crippen MR) is 80.5 cm³/mol. The first-order chi connectivity index (χ1) is 9.83. The van der Waals surface area contributed by atoms with Gasteiger partial charge in [0.2, 0.25) is 16.7 Å². The van der Waals surface area contributed by atoms with Gasteiger partial charge >= 0.3 is 0 Å². The van der Waals surface area contributed by atoms with E-state index in [9.17, 15) is 0 Å². The highest BCUT2D eigenvalue weighted by Gasteiger charge is 1.98. The molecule has 0 saturated carbocycles. The van der Waals surface area contributed by atoms with Gasteiger partial charge in [-0.1, -0.05) is 45.4 Å². The molecular weight excluding hydrogens is 292 g/mol. The Balaban J connectivity index is 0.000000690. The van der Waals surface area contributed by atoms with E-state index in [2.05, 4.69) is 41.8 Å². The Morgan fingerprint density at radius 2 is 1.57 bits per heavy atom. The van der Waals surface area contributed by atoms with Gasteiger partial charge < -0.3 is 4.55 Å². The fraction of sp³-hybridized carbons (Fsp3) is 0.786. The molecule has 0 aliphatic heterocycles. The highest BCUT2D eigenvalue weighted by molar-refractivity contribution is 7.79. The summed E-state index contributed by atoms with van der Waals surface area (Å²) < 4.78 is 37.2. The minimum atomic E-state index is -4.92. The summed E-state index contributed by atoms with van der Waals surface area (Å²) in [6.45, 7) is 3.45. The molecule has 1 rings (SSSR count). The molecule has 1 aromatic heterocycles. The van der Waals surface area contributed by atoms with Gasteiger partial charge in [-0.05, 0) is 12.8 Å². The molecule has 0 unspecified atom stereocenters. The molecule has 0 amide bonds. The van der Waals surface area contributed by atoms with Crippen LogP contribution >= 0.6 is 0 Å². The lowest BCUT2D eigenvalue weighted by Crippen LogP contribution is -2.30. The van der Waals surface area contributed by atoms with Crippen LogP contribution in [0.5, 0.6) is 0 Å². The van der Waals surface area contributed by atoms with Crippen molar-refractivity contribution in [1.29, 1.82) is 0 Å². The van der Waals surface area contributed by atoms with Crippen molar-refractivity contribution in [3.8, 4) is 0 Å². The first kappa shape index (κ1) is 20.1. The number of nitrogens with zero attached hydrogens (tertiary/aromatic N) is 2. The predicted octanol–water partition coefficient (Wildman–Crippen LogP) is 2.46. The average molecular weight is 320 g/mol. The smallest absolute Gasteiger partial charge is 0.243 e. The maximum Gasteiger partial charge on any atom is 0.243 e. The zero-order chi connectivity index (χ0) is 16.1. The van der Waals surface area contributed by atoms with Crippen LogP contribution in [0.15, 0.2) is 18.7 Å². The van der Waals surface area contributed by atoms with E-state index in [1.165, 1.54) is 57.9 Å². The molecule has 0 bridgehead atoms. The third-order valence-corrected chi connectivity index (χ3v) is 3.09. The molecule has 0 atom stereocenters. The van der Waals surface area contributed by atoms with Crippen molar-refractivity contribution in [3.05, 3.63) is 18.7 Å². The van der Waals surface area contributed by atoms with Crippen LogP contribution in [0, 0.1) is 0 Å². The standard InChI is InChI=1S/C14H27N2.H2O4S/c1-3-4-5-6-7-8-9-10-11-16-13-12-15(2)14-16;1-5(2,3)4/h12-14H,3-11H2,1-2H3;(H2,1,2,3,4)/q+1;/p-1. The molecule has 1 N–H and O–H groups in total. The van der Waals surface area contributed by atoms with Gasteiger partial charge in [-0.2, -0.15) is 0 Å². The van der Waals surface area contributed by atoms with Crippen LogP contribution in [0.4, 0.5) is 0 Å². The number of rotatable bonds is 9. The largest absolute Gasteiger partial charge is 0.726 e. The summed E-state index contributed by atoms with van der Waals surface area (Å²) in [5.41, 5.74) is 0. The third-order valence-electron chi connectivity index (χ3n) is 3.09. The summed E-state index contributed by atoms with van der Waals surface area (Å²) in [4.78, 5) is 0. The summed E-state index contributed by atoms with van der Waals surface area (Å²) in [6.07, 6.45) is 17.6. The van der Waals surface area contributed by atoms with Gasteiger partial charge in [0, 0.05) is 0 Å². The van der Waals surface area contributed by atoms with Crippen molar-refractivity contribution in [2.75, 3.05) is 0 Å². The van der Waals surface area contributed by atoms with Crippen molar-refractivity contribution in [2.45, 2.75) is 64.8 Å². The minimum Gasteiger partial charge on any atom is -0.726 e. The molecule has 124 valence electrons. The fourth-order valence-corrected chi connectivity index (χ4v) is 2.06. The van der Waals surface area contributed by atoms with Crippen molar-refractivity contribution in [1.82, 2.24) is 4.57 Å². The van der Waals surface area contributed by atoms with Crippen LogP contribution in [-0.4, -0.2) is 22.1 Å². The Hall–Kier alpha value is -0.920. The lowest BCUT2D eigenvalue weighted by molar-refractivity contribution is -0.696. The summed E-state index contributed by atoms with van der Waals surface area (Å²) in [7, 11) is -2.84. The van der Waals surface area contributed by atoms with Crippen LogP contribution in [0.25, 0.3) is 0 Å². The highest BCUT2D eigenvalue weighted by Crippen LogP contribution is 2.08. The molecule has 0 saturated heterocycles. The van der Waals surface area contributed by atoms with E-state index in [0.717, 1.165) is 0 Å². The van der Waals surface area contributed by atoms with E-state index < -0.39 is 10.4 Å². The van der Waals surface area contributed by atoms with Crippen LogP contribution in [0.1, 0.15) is 58.3 Å². The molecule has 1 heterocycles. The topological polar surface area (TPSA) is 86.2 Å². The van der Waals surface area contributed by atoms with E-state index >= 15 is 0 Å². The molecule has 0 aliphatic rings. The van der Waals surface area contributed by atoms with E-state index in [-0.39, 0.29) is 0 Å². The Morgan fingerprint density at radius 1 is 1.10 bits per heavy atom. The molecule has 0 radical (unpaired) electrons. The summed E-state index contributed by atoms with van der Waals surface area (Å²) >= 11 is 0. The van der Waals surface area contributed by atoms with Gasteiger partial charge in [0.1, 0.15) is 12.4 Å². The third kappa shape index (κ3) is 17.0. The molecule has 21 heavy (non-hydrogen) atoms. The second kappa shape index (κ2) is 11.7. The lowest BCUT2D eigenvalue weighted by atomic mass is 10.1. The Labute approximate surface area is 128 Å². The van der Waals surface area contributed by atoms with Crippen LogP contribution in [0.2, 0.25) is 0 Å². The summed E-state index contributed by atoms with van der Waals surface area (Å²) in [5, 5.41) is 0. The van der Waals surface area contributed by atoms with Crippen molar-refractivity contribution in [3.63, 3.8) is 0 Å². The van der Waals surface area contributed by atoms with Gasteiger partial charge in [-0.3, -0.25) is 4.55 Å². The second-order valence-corrected chi connectivity index (χ2v) is 6.07. The van der Waals surface area contributed by atoms with Crippen molar-refractivity contribution >= 4 is 10.4 Å². The number of unbranched alkanes of at least 4 members (excludes halogenated alkanes) is 7. The zero-order valence-corrected chi connectivity index (χ0v) is 13.9. The highest BCUT2D eigenvalue weighted by atomic mass is 32.3. The van der Waals surface area contributed by atoms with Crippen LogP contribution in [0.3, 0.4) is 0 Å². The van der Waals surface area contributed by atoms with Gasteiger partial charge in [-0.25, -0.2) is 17.6 Å². The number of aromatic nitrogens is 2. The summed E-state index contributed by atoms with van der Waals surface area (Å²) in [5.74, 6) is 0. The minimum absolute atomic E-state index is 1.18. The van der Waals surface area contributed by atoms with Gasteiger partial charge in [0.15, 0.2) is 0 Å². The summed E-state index contributed by atoms with van der Waals surface area (Å²) in [6, 6.07) is 0. The number of aryl methyl sites for hydroxylation is 2. The first-order valence-corrected chi connectivity index (χ1v) is 8.88. The van der Waals surface area contributed by atoms with Crippen molar-refractivity contribution < 1.29 is 22.1 Å². The molecule has 7 heteroatoms. The van der Waals surface area contributed by atoms with E-state index in [4.69, 9.17) is 17.5 Å². The van der Waals surface area contributed by atoms with E-state index in [1.54, 1.807) is 0 Å². The number of hydrogen-bond donors (Lipinski definition) is 1. The van der Waals surface area contributed by atoms with E-state index in [1.807, 2.05) is 0 Å². The normalized spacial score (nSPS) is 11.0. The van der Waals surface area contributed by atoms with Crippen molar-refractivity contribution in [2.24, 2.45) is 7.05 Å². The maximum absolute atomic E-state index is 8.63. The van der Waals surface area contributed by atoms with E-state index in [0.29, 0.717) is 0 Å². The molecule has 0 aliphatic carbocycles. The number of hydrogen-bond acceptors (Lipinski definition) is 3. The molecule has 6 nitrogen and oxygen atoms in total. The van der Waals surface area contributed by atoms with Gasteiger partial charge in [-0.15, -0.1) is 0 Å². The molecule has 0 fully saturated rings. The lowest BCUT2D eigenvalue weighted by Gasteiger charge is -2.00. The van der Waals surface area contributed by atoms with Gasteiger partial charge in [0.05, 0.1) is 13.6 Å². The SMILES string of the molecule is CCCCCCCCCC[n+]1ccn(C)c1.O=S(=O)([O-])O. The second-order valence-electron chi connectivity index (χ2n) is 5.22. The number of imidazole rings is 1.